The number of nitrogens with one attached hydrogen (secondary N) is 1. The molecule has 7 nitrogen and oxygen atoms in total. The molecule has 1 amide bonds. The van der Waals surface area contributed by atoms with Gasteiger partial charge in [0.25, 0.3) is 5.91 Å². The average Bonchev–Trinajstić information content (AvgIpc) is 2.68. The molecule has 2 rings (SSSR count). The van der Waals surface area contributed by atoms with E-state index in [4.69, 9.17) is 9.15 Å². The summed E-state index contributed by atoms with van der Waals surface area (Å²) >= 11 is 0. The SMILES string of the molecule is CCCCc1cc(=O)oc2cc(OC(C)C(=O)N[C@H](C(=O)O)[C@H](C)CC)ccc12. The fourth-order valence-corrected chi connectivity index (χ4v) is 3.07. The predicted molar refractivity (Wildman–Crippen MR) is 110 cm³/mol. The van der Waals surface area contributed by atoms with E-state index in [1.807, 2.05) is 13.0 Å². The maximum absolute atomic E-state index is 12.4. The maximum atomic E-state index is 12.4. The van der Waals surface area contributed by atoms with Crippen LogP contribution in [0, 0.1) is 5.92 Å². The minimum atomic E-state index is -1.08. The molecule has 0 fully saturated rings. The third kappa shape index (κ3) is 5.82. The highest BCUT2D eigenvalue weighted by molar-refractivity contribution is 5.86. The standard InChI is InChI=1S/C22H29NO6/c1-5-7-8-15-11-19(24)29-18-12-16(9-10-17(15)18)28-14(4)21(25)23-20(22(26)27)13(3)6-2/h9-14,20H,5-8H2,1-4H3,(H,23,25)(H,26,27)/t13-,14?,20+/m1/s1. The molecule has 1 heterocycles. The Labute approximate surface area is 170 Å². The first-order valence-corrected chi connectivity index (χ1v) is 10.0. The lowest BCUT2D eigenvalue weighted by atomic mass is 9.99. The largest absolute Gasteiger partial charge is 0.481 e. The number of carbonyl (C=O) groups excluding carboxylic acids is 1. The number of amides is 1. The van der Waals surface area contributed by atoms with Gasteiger partial charge in [-0.25, -0.2) is 9.59 Å². The van der Waals surface area contributed by atoms with Gasteiger partial charge in [0.15, 0.2) is 6.10 Å². The molecular weight excluding hydrogens is 374 g/mol. The Morgan fingerprint density at radius 2 is 1.93 bits per heavy atom. The molecule has 0 aliphatic carbocycles. The number of carboxylic acid groups (broad SMARTS) is 1. The van der Waals surface area contributed by atoms with Crippen LogP contribution in [0.3, 0.4) is 0 Å². The van der Waals surface area contributed by atoms with Crippen molar-refractivity contribution in [3.63, 3.8) is 0 Å². The van der Waals surface area contributed by atoms with Gasteiger partial charge in [0.2, 0.25) is 0 Å². The number of hydrogen-bond donors (Lipinski definition) is 2. The number of carbonyl (C=O) groups is 2. The van der Waals surface area contributed by atoms with Crippen LogP contribution in [0.1, 0.15) is 52.5 Å². The van der Waals surface area contributed by atoms with E-state index in [0.717, 1.165) is 30.2 Å². The zero-order chi connectivity index (χ0) is 21.6. The number of rotatable bonds is 10. The molecule has 7 heteroatoms. The molecule has 1 aromatic heterocycles. The number of unbranched alkanes of at least 4 members (excludes halogenated alkanes) is 1. The number of aliphatic carboxylic acids is 1. The summed E-state index contributed by atoms with van der Waals surface area (Å²) in [7, 11) is 0. The highest BCUT2D eigenvalue weighted by Gasteiger charge is 2.28. The van der Waals surface area contributed by atoms with Crippen molar-refractivity contribution in [2.24, 2.45) is 5.92 Å². The summed E-state index contributed by atoms with van der Waals surface area (Å²) in [5.74, 6) is -1.44. The highest BCUT2D eigenvalue weighted by atomic mass is 16.5. The Kier molecular flexibility index (Phi) is 7.82. The average molecular weight is 403 g/mol. The van der Waals surface area contributed by atoms with Crippen molar-refractivity contribution in [3.05, 3.63) is 40.2 Å². The molecule has 2 N–H and O–H groups in total. The van der Waals surface area contributed by atoms with Crippen LogP contribution >= 0.6 is 0 Å². The molecule has 0 radical (unpaired) electrons. The summed E-state index contributed by atoms with van der Waals surface area (Å²) in [6.07, 6.45) is 2.48. The fourth-order valence-electron chi connectivity index (χ4n) is 3.07. The van der Waals surface area contributed by atoms with Gasteiger partial charge < -0.3 is 19.6 Å². The quantitative estimate of drug-likeness (QED) is 0.588. The first-order chi connectivity index (χ1) is 13.8. The van der Waals surface area contributed by atoms with Gasteiger partial charge in [-0.15, -0.1) is 0 Å². The van der Waals surface area contributed by atoms with Gasteiger partial charge in [-0.05, 0) is 43.4 Å². The molecular formula is C22H29NO6. The lowest BCUT2D eigenvalue weighted by Gasteiger charge is -2.22. The van der Waals surface area contributed by atoms with E-state index in [-0.39, 0.29) is 5.92 Å². The minimum Gasteiger partial charge on any atom is -0.481 e. The van der Waals surface area contributed by atoms with Crippen molar-refractivity contribution in [2.45, 2.75) is 65.5 Å². The smallest absolute Gasteiger partial charge is 0.336 e. The topological polar surface area (TPSA) is 106 Å². The molecule has 29 heavy (non-hydrogen) atoms. The van der Waals surface area contributed by atoms with E-state index in [1.54, 1.807) is 26.0 Å². The Hall–Kier alpha value is -2.83. The lowest BCUT2D eigenvalue weighted by molar-refractivity contribution is -0.144. The summed E-state index contributed by atoms with van der Waals surface area (Å²) in [5.41, 5.74) is 0.898. The van der Waals surface area contributed by atoms with Crippen molar-refractivity contribution in [1.82, 2.24) is 5.32 Å². The fraction of sp³-hybridized carbons (Fsp3) is 0.500. The lowest BCUT2D eigenvalue weighted by Crippen LogP contribution is -2.49. The Morgan fingerprint density at radius 3 is 2.55 bits per heavy atom. The molecule has 1 unspecified atom stereocenters. The van der Waals surface area contributed by atoms with E-state index >= 15 is 0 Å². The second-order valence-electron chi connectivity index (χ2n) is 7.32. The van der Waals surface area contributed by atoms with Crippen molar-refractivity contribution in [2.75, 3.05) is 0 Å². The van der Waals surface area contributed by atoms with Crippen molar-refractivity contribution < 1.29 is 23.8 Å². The zero-order valence-electron chi connectivity index (χ0n) is 17.4. The van der Waals surface area contributed by atoms with Gasteiger partial charge in [-0.3, -0.25) is 4.79 Å². The van der Waals surface area contributed by atoms with Crippen LogP contribution < -0.4 is 15.7 Å². The van der Waals surface area contributed by atoms with Gasteiger partial charge in [-0.2, -0.15) is 0 Å². The van der Waals surface area contributed by atoms with Gasteiger partial charge in [-0.1, -0.05) is 33.6 Å². The molecule has 0 bridgehead atoms. The van der Waals surface area contributed by atoms with Crippen LogP contribution in [0.2, 0.25) is 0 Å². The van der Waals surface area contributed by atoms with Crippen molar-refractivity contribution >= 4 is 22.8 Å². The summed E-state index contributed by atoms with van der Waals surface area (Å²) in [5, 5.41) is 12.7. The second kappa shape index (κ2) is 10.1. The first kappa shape index (κ1) is 22.5. The third-order valence-electron chi connectivity index (χ3n) is 5.06. The molecule has 0 aliphatic heterocycles. The number of aryl methyl sites for hydroxylation is 1. The second-order valence-corrected chi connectivity index (χ2v) is 7.32. The molecule has 0 saturated carbocycles. The molecule has 0 spiro atoms. The van der Waals surface area contributed by atoms with E-state index in [0.29, 0.717) is 17.8 Å². The van der Waals surface area contributed by atoms with Gasteiger partial charge >= 0.3 is 11.6 Å². The minimum absolute atomic E-state index is 0.208. The Bertz CT molecular complexity index is 919. The van der Waals surface area contributed by atoms with Crippen LogP contribution in [0.25, 0.3) is 11.0 Å². The van der Waals surface area contributed by atoms with E-state index in [9.17, 15) is 19.5 Å². The van der Waals surface area contributed by atoms with E-state index in [1.165, 1.54) is 6.07 Å². The molecule has 1 aromatic carbocycles. The van der Waals surface area contributed by atoms with E-state index < -0.39 is 29.6 Å². The molecule has 0 saturated heterocycles. The number of ether oxygens (including phenoxy) is 1. The predicted octanol–water partition coefficient (Wildman–Crippen LogP) is 3.52. The zero-order valence-corrected chi connectivity index (χ0v) is 17.4. The van der Waals surface area contributed by atoms with Crippen LogP contribution in [-0.4, -0.2) is 29.1 Å². The summed E-state index contributed by atoms with van der Waals surface area (Å²) in [6, 6.07) is 5.64. The summed E-state index contributed by atoms with van der Waals surface area (Å²) in [4.78, 5) is 35.7. The number of carboxylic acids is 1. The Morgan fingerprint density at radius 1 is 1.21 bits per heavy atom. The van der Waals surface area contributed by atoms with Gasteiger partial charge in [0.05, 0.1) is 0 Å². The summed E-state index contributed by atoms with van der Waals surface area (Å²) < 4.78 is 11.0. The highest BCUT2D eigenvalue weighted by Crippen LogP contribution is 2.24. The number of benzene rings is 1. The molecule has 0 aliphatic rings. The van der Waals surface area contributed by atoms with Crippen LogP contribution in [0.4, 0.5) is 0 Å². The van der Waals surface area contributed by atoms with Crippen molar-refractivity contribution in [1.29, 1.82) is 0 Å². The first-order valence-electron chi connectivity index (χ1n) is 10.0. The monoisotopic (exact) mass is 403 g/mol. The number of fused-ring (bicyclic) bond motifs is 1. The van der Waals surface area contributed by atoms with Crippen LogP contribution in [0.5, 0.6) is 5.75 Å². The van der Waals surface area contributed by atoms with Crippen molar-refractivity contribution in [3.8, 4) is 5.75 Å². The molecule has 158 valence electrons. The number of hydrogen-bond acceptors (Lipinski definition) is 5. The third-order valence-corrected chi connectivity index (χ3v) is 5.06. The van der Waals surface area contributed by atoms with Crippen LogP contribution in [0.15, 0.2) is 33.5 Å². The molecule has 3 atom stereocenters. The normalized spacial score (nSPS) is 14.2. The van der Waals surface area contributed by atoms with Gasteiger partial charge in [0, 0.05) is 17.5 Å². The Balaban J connectivity index is 2.17. The molecule has 2 aromatic rings. The van der Waals surface area contributed by atoms with Crippen LogP contribution in [-0.2, 0) is 16.0 Å². The maximum Gasteiger partial charge on any atom is 0.336 e. The van der Waals surface area contributed by atoms with Gasteiger partial charge in [0.1, 0.15) is 17.4 Å². The summed E-state index contributed by atoms with van der Waals surface area (Å²) in [6.45, 7) is 7.27. The van der Waals surface area contributed by atoms with E-state index in [2.05, 4.69) is 12.2 Å².